The predicted molar refractivity (Wildman–Crippen MR) is 133 cm³/mol. The number of methoxy groups -OCH3 is 2. The molecule has 4 rings (SSSR count). The van der Waals surface area contributed by atoms with Crippen LogP contribution in [0.1, 0.15) is 37.2 Å². The number of pyridine rings is 1. The Morgan fingerprint density at radius 3 is 2.31 bits per heavy atom. The van der Waals surface area contributed by atoms with E-state index in [4.69, 9.17) is 8.22 Å². The van der Waals surface area contributed by atoms with Crippen LogP contribution in [0.2, 0.25) is 0 Å². The lowest BCUT2D eigenvalue weighted by Crippen LogP contribution is -2.51. The number of benzene rings is 1. The van der Waals surface area contributed by atoms with Crippen molar-refractivity contribution in [2.45, 2.75) is 53.9 Å². The summed E-state index contributed by atoms with van der Waals surface area (Å²) in [6.45, 7) is 1.58. The lowest BCUT2D eigenvalue weighted by atomic mass is 9.83. The minimum Gasteiger partial charge on any atom is -0.479 e. The maximum Gasteiger partial charge on any atom is 0.436 e. The summed E-state index contributed by atoms with van der Waals surface area (Å²) in [7, 11) is -17.5. The van der Waals surface area contributed by atoms with Gasteiger partial charge in [0.15, 0.2) is 17.1 Å². The highest BCUT2D eigenvalue weighted by molar-refractivity contribution is 7.93. The Labute approximate surface area is 243 Å². The molecule has 0 spiro atoms. The number of ether oxygens (including phenoxy) is 2. The highest BCUT2D eigenvalue weighted by Gasteiger charge is 2.58. The fraction of sp³-hybridized carbons (Fsp3) is 0.375. The van der Waals surface area contributed by atoms with Crippen LogP contribution in [0.3, 0.4) is 0 Å². The third kappa shape index (κ3) is 5.42. The SMILES string of the molecule is [2H]C([2H])([2H])Oc1nc(C(F)(F)F)c(F)cc1NS(=O)(=O)c1cn(S(=O)(=O)c2ccc(C)cc2)c2c1CC[C@](OC([2H])([2H])[2H])(C(F)(F)F)C2. The summed E-state index contributed by atoms with van der Waals surface area (Å²) in [5.41, 5.74) is -8.04. The second-order valence-electron chi connectivity index (χ2n) is 9.18. The summed E-state index contributed by atoms with van der Waals surface area (Å²) in [4.78, 5) is 1.14. The summed E-state index contributed by atoms with van der Waals surface area (Å²) < 4.78 is 206. The van der Waals surface area contributed by atoms with Crippen LogP contribution in [0.25, 0.3) is 0 Å². The number of fused-ring (bicyclic) bond motifs is 1. The molecular formula is C24H22F7N3O6S2. The molecule has 1 N–H and O–H groups in total. The Bertz CT molecular complexity index is 1950. The Morgan fingerprint density at radius 1 is 1.07 bits per heavy atom. The van der Waals surface area contributed by atoms with Crippen molar-refractivity contribution in [1.82, 2.24) is 8.96 Å². The molecule has 1 aromatic carbocycles. The Balaban J connectivity index is 1.96. The van der Waals surface area contributed by atoms with Crippen LogP contribution >= 0.6 is 0 Å². The molecule has 0 aliphatic heterocycles. The average molecular weight is 652 g/mol. The van der Waals surface area contributed by atoms with E-state index in [-0.39, 0.29) is 10.0 Å². The molecule has 230 valence electrons. The standard InChI is InChI=1S/C24H22F7N3O6S2/c1-13-4-6-14(7-5-13)42(37,38)34-12-19(15-8-9-22(40-3,11-18(15)34)24(29,30)31)41(35,36)33-17-10-16(25)20(23(26,27)28)32-21(17)39-2/h4-7,10,12,33H,8-9,11H2,1-3H3/t22-/m1/s1/i2D3,3D3. The molecule has 0 saturated heterocycles. The molecule has 2 aromatic heterocycles. The number of sulfonamides is 1. The third-order valence-electron chi connectivity index (χ3n) is 6.51. The van der Waals surface area contributed by atoms with Crippen molar-refractivity contribution in [3.8, 4) is 5.88 Å². The van der Waals surface area contributed by atoms with Crippen LogP contribution in [0, 0.1) is 12.7 Å². The number of rotatable bonds is 7. The predicted octanol–water partition coefficient (Wildman–Crippen LogP) is 4.83. The van der Waals surface area contributed by atoms with Gasteiger partial charge in [-0.2, -0.15) is 26.3 Å². The summed E-state index contributed by atoms with van der Waals surface area (Å²) in [5.74, 6) is -3.76. The van der Waals surface area contributed by atoms with Crippen molar-refractivity contribution in [3.05, 3.63) is 64.9 Å². The smallest absolute Gasteiger partial charge is 0.436 e. The molecule has 1 aliphatic carbocycles. The van der Waals surface area contributed by atoms with Gasteiger partial charge < -0.3 is 9.47 Å². The Hall–Kier alpha value is -3.38. The molecule has 2 heterocycles. The number of nitrogens with zero attached hydrogens (tertiary/aromatic N) is 2. The van der Waals surface area contributed by atoms with Gasteiger partial charge in [-0.3, -0.25) is 4.72 Å². The molecule has 9 nitrogen and oxygen atoms in total. The first kappa shape index (κ1) is 24.1. The van der Waals surface area contributed by atoms with Crippen LogP contribution in [0.15, 0.2) is 46.3 Å². The number of aryl methyl sites for hydroxylation is 1. The lowest BCUT2D eigenvalue weighted by Gasteiger charge is -2.38. The van der Waals surface area contributed by atoms with Crippen molar-refractivity contribution >= 4 is 25.7 Å². The van der Waals surface area contributed by atoms with Crippen LogP contribution in [0.5, 0.6) is 5.88 Å². The zero-order valence-electron chi connectivity index (χ0n) is 26.9. The van der Waals surface area contributed by atoms with E-state index in [1.807, 2.05) is 0 Å². The number of hydrogen-bond acceptors (Lipinski definition) is 7. The van der Waals surface area contributed by atoms with E-state index in [2.05, 4.69) is 14.5 Å². The quantitative estimate of drug-likeness (QED) is 0.364. The lowest BCUT2D eigenvalue weighted by molar-refractivity contribution is -0.273. The van der Waals surface area contributed by atoms with Gasteiger partial charge in [-0.25, -0.2) is 30.2 Å². The zero-order chi connectivity index (χ0) is 36.5. The van der Waals surface area contributed by atoms with E-state index >= 15 is 0 Å². The molecule has 0 saturated carbocycles. The number of alkyl halides is 6. The normalized spacial score (nSPS) is 20.8. The first-order valence-corrected chi connectivity index (χ1v) is 14.3. The van der Waals surface area contributed by atoms with Crippen LogP contribution < -0.4 is 9.46 Å². The Kier molecular flexibility index (Phi) is 5.97. The van der Waals surface area contributed by atoms with Crippen LogP contribution in [-0.2, 0) is 43.8 Å². The minimum absolute atomic E-state index is 0.111. The summed E-state index contributed by atoms with van der Waals surface area (Å²) in [6.07, 6.45) is -14.3. The van der Waals surface area contributed by atoms with E-state index in [1.54, 1.807) is 11.6 Å². The maximum atomic E-state index is 14.5. The van der Waals surface area contributed by atoms with E-state index in [1.165, 1.54) is 12.1 Å². The van der Waals surface area contributed by atoms with Gasteiger partial charge in [-0.15, -0.1) is 0 Å². The van der Waals surface area contributed by atoms with Gasteiger partial charge in [0, 0.05) is 31.4 Å². The average Bonchev–Trinajstić information content (AvgIpc) is 3.28. The van der Waals surface area contributed by atoms with Gasteiger partial charge in [0.1, 0.15) is 10.6 Å². The fourth-order valence-corrected chi connectivity index (χ4v) is 7.17. The summed E-state index contributed by atoms with van der Waals surface area (Å²) in [6, 6.07) is 4.63. The molecule has 1 aliphatic rings. The number of halogens is 7. The highest BCUT2D eigenvalue weighted by Crippen LogP contribution is 2.46. The van der Waals surface area contributed by atoms with Crippen molar-refractivity contribution in [1.29, 1.82) is 0 Å². The second-order valence-corrected chi connectivity index (χ2v) is 12.6. The van der Waals surface area contributed by atoms with E-state index < -0.39 is 115 Å². The minimum atomic E-state index is -5.50. The maximum absolute atomic E-state index is 14.5. The molecule has 0 fully saturated rings. The number of anilines is 1. The number of aromatic nitrogens is 2. The monoisotopic (exact) mass is 651 g/mol. The first-order chi connectivity index (χ1) is 21.6. The van der Waals surface area contributed by atoms with Gasteiger partial charge in [-0.1, -0.05) is 17.7 Å². The third-order valence-corrected chi connectivity index (χ3v) is 9.64. The highest BCUT2D eigenvalue weighted by atomic mass is 32.2. The molecule has 3 aromatic rings. The molecule has 0 bridgehead atoms. The molecule has 0 radical (unpaired) electrons. The van der Waals surface area contributed by atoms with Crippen molar-refractivity contribution in [2.75, 3.05) is 18.8 Å². The van der Waals surface area contributed by atoms with E-state index in [0.717, 1.165) is 12.1 Å². The van der Waals surface area contributed by atoms with Crippen LogP contribution in [-0.4, -0.2) is 51.6 Å². The van der Waals surface area contributed by atoms with E-state index in [0.29, 0.717) is 11.8 Å². The van der Waals surface area contributed by atoms with Gasteiger partial charge in [0.05, 0.1) is 20.2 Å². The fourth-order valence-electron chi connectivity index (χ4n) is 4.35. The molecule has 0 unspecified atom stereocenters. The first-order valence-electron chi connectivity index (χ1n) is 14.4. The summed E-state index contributed by atoms with van der Waals surface area (Å²) >= 11 is 0. The molecule has 1 atom stereocenters. The molecule has 18 heteroatoms. The van der Waals surface area contributed by atoms with Gasteiger partial charge >= 0.3 is 12.4 Å². The number of nitrogens with one attached hydrogen (secondary N) is 1. The Morgan fingerprint density at radius 2 is 1.74 bits per heavy atom. The topological polar surface area (TPSA) is 117 Å². The van der Waals surface area contributed by atoms with Gasteiger partial charge in [0.25, 0.3) is 20.0 Å². The molecular weight excluding hydrogens is 623 g/mol. The summed E-state index contributed by atoms with van der Waals surface area (Å²) in [5, 5.41) is 0. The zero-order valence-corrected chi connectivity index (χ0v) is 22.5. The van der Waals surface area contributed by atoms with Crippen molar-refractivity contribution in [3.63, 3.8) is 0 Å². The van der Waals surface area contributed by atoms with Crippen LogP contribution in [0.4, 0.5) is 36.4 Å². The van der Waals surface area contributed by atoms with Crippen molar-refractivity contribution in [2.24, 2.45) is 0 Å². The second kappa shape index (κ2) is 10.4. The van der Waals surface area contributed by atoms with Gasteiger partial charge in [0.2, 0.25) is 5.88 Å². The van der Waals surface area contributed by atoms with Gasteiger partial charge in [-0.05, 0) is 37.5 Å². The molecule has 42 heavy (non-hydrogen) atoms. The largest absolute Gasteiger partial charge is 0.479 e. The van der Waals surface area contributed by atoms with Crippen molar-refractivity contribution < 1.29 is 65.3 Å². The molecule has 0 amide bonds. The number of hydrogen-bond donors (Lipinski definition) is 1. The van der Waals surface area contributed by atoms with E-state index in [9.17, 15) is 47.6 Å².